The quantitative estimate of drug-likeness (QED) is 0.622. The molecule has 0 radical (unpaired) electrons. The van der Waals surface area contributed by atoms with Crippen LogP contribution in [-0.4, -0.2) is 38.4 Å². The topological polar surface area (TPSA) is 103 Å². The molecule has 0 fully saturated rings. The zero-order valence-corrected chi connectivity index (χ0v) is 17.1. The van der Waals surface area contributed by atoms with Crippen molar-refractivity contribution in [3.63, 3.8) is 0 Å². The molecule has 0 saturated heterocycles. The van der Waals surface area contributed by atoms with Crippen LogP contribution in [0.25, 0.3) is 12.2 Å². The van der Waals surface area contributed by atoms with E-state index in [1.165, 1.54) is 40.6 Å². The summed E-state index contributed by atoms with van der Waals surface area (Å²) in [6.07, 6.45) is 3.05. The van der Waals surface area contributed by atoms with Crippen LogP contribution in [-0.2, 0) is 0 Å². The number of aromatic amines is 2. The van der Waals surface area contributed by atoms with E-state index in [1.807, 2.05) is 0 Å². The average molecular weight is 410 g/mol. The second kappa shape index (κ2) is 9.04. The molecule has 0 aliphatic heterocycles. The van der Waals surface area contributed by atoms with Gasteiger partial charge in [-0.2, -0.15) is 0 Å². The predicted octanol–water partition coefficient (Wildman–Crippen LogP) is 0.755. The van der Waals surface area contributed by atoms with E-state index in [0.717, 1.165) is 0 Å². The highest BCUT2D eigenvalue weighted by Crippen LogP contribution is 2.31. The van der Waals surface area contributed by atoms with Crippen LogP contribution in [0.15, 0.2) is 46.0 Å². The summed E-state index contributed by atoms with van der Waals surface area (Å²) >= 11 is 0. The Morgan fingerprint density at radius 3 is 1.37 bits per heavy atom. The number of nitrogens with one attached hydrogen (secondary N) is 2. The van der Waals surface area contributed by atoms with Gasteiger partial charge in [0.25, 0.3) is 11.1 Å². The maximum absolute atomic E-state index is 12.6. The van der Waals surface area contributed by atoms with Gasteiger partial charge >= 0.3 is 0 Å². The van der Waals surface area contributed by atoms with E-state index in [2.05, 4.69) is 9.97 Å². The minimum absolute atomic E-state index is 0.0845. The van der Waals surface area contributed by atoms with Gasteiger partial charge < -0.3 is 28.9 Å². The van der Waals surface area contributed by atoms with Crippen molar-refractivity contribution in [1.82, 2.24) is 9.97 Å². The lowest BCUT2D eigenvalue weighted by atomic mass is 10.1. The molecule has 0 bridgehead atoms. The Labute approximate surface area is 172 Å². The standard InChI is InChI=1S/C22H22N2O6/c1-27-17-9-5-7-13(19(17)29-3)11-15-21(25)24-16(22(26)23-15)12-14-8-6-10-18(28-2)20(14)30-4/h5-12H,1-4H3,(H,23,26)(H,24,25)/b15-11-,16-12-. The fourth-order valence-electron chi connectivity index (χ4n) is 3.06. The molecule has 1 aromatic heterocycles. The lowest BCUT2D eigenvalue weighted by Crippen LogP contribution is -2.46. The number of hydrogen-bond acceptors (Lipinski definition) is 6. The summed E-state index contributed by atoms with van der Waals surface area (Å²) in [4.78, 5) is 30.5. The molecule has 2 aromatic carbocycles. The first-order valence-corrected chi connectivity index (χ1v) is 9.00. The third-order valence-corrected chi connectivity index (χ3v) is 4.45. The molecule has 0 amide bonds. The summed E-state index contributed by atoms with van der Waals surface area (Å²) in [7, 11) is 6.05. The van der Waals surface area contributed by atoms with Crippen molar-refractivity contribution >= 4 is 12.2 Å². The molecule has 30 heavy (non-hydrogen) atoms. The van der Waals surface area contributed by atoms with Gasteiger partial charge in [0.1, 0.15) is 10.7 Å². The third-order valence-electron chi connectivity index (χ3n) is 4.45. The Hall–Kier alpha value is -3.94. The van der Waals surface area contributed by atoms with E-state index in [9.17, 15) is 9.59 Å². The summed E-state index contributed by atoms with van der Waals surface area (Å²) < 4.78 is 21.3. The third kappa shape index (κ3) is 4.07. The zero-order valence-electron chi connectivity index (χ0n) is 17.1. The van der Waals surface area contributed by atoms with Crippen molar-refractivity contribution < 1.29 is 18.9 Å². The smallest absolute Gasteiger partial charge is 0.272 e. The van der Waals surface area contributed by atoms with Crippen LogP contribution in [0, 0.1) is 0 Å². The molecule has 0 aliphatic rings. The number of rotatable bonds is 6. The first-order chi connectivity index (χ1) is 14.5. The molecular weight excluding hydrogens is 388 g/mol. The van der Waals surface area contributed by atoms with Gasteiger partial charge in [-0.25, -0.2) is 0 Å². The second-order valence-electron chi connectivity index (χ2n) is 6.19. The highest BCUT2D eigenvalue weighted by atomic mass is 16.5. The lowest BCUT2D eigenvalue weighted by molar-refractivity contribution is 0.354. The van der Waals surface area contributed by atoms with Gasteiger partial charge in [-0.15, -0.1) is 0 Å². The van der Waals surface area contributed by atoms with Crippen LogP contribution >= 0.6 is 0 Å². The van der Waals surface area contributed by atoms with Gasteiger partial charge in [-0.3, -0.25) is 9.59 Å². The SMILES string of the molecule is COc1cccc(/C=c2\[nH]c(=O)/c(=C/c3cccc(OC)c3OC)[nH]c2=O)c1OC. The fourth-order valence-corrected chi connectivity index (χ4v) is 3.06. The first-order valence-electron chi connectivity index (χ1n) is 9.00. The second-order valence-corrected chi connectivity index (χ2v) is 6.19. The number of methoxy groups -OCH3 is 4. The normalized spacial score (nSPS) is 12.0. The number of para-hydroxylation sites is 2. The van der Waals surface area contributed by atoms with Gasteiger partial charge in [0.05, 0.1) is 28.4 Å². The molecule has 0 spiro atoms. The van der Waals surface area contributed by atoms with Crippen LogP contribution in [0.3, 0.4) is 0 Å². The van der Waals surface area contributed by atoms with Crippen molar-refractivity contribution in [3.8, 4) is 23.0 Å². The minimum atomic E-state index is -0.465. The number of hydrogen-bond donors (Lipinski definition) is 2. The first kappa shape index (κ1) is 20.8. The molecule has 0 saturated carbocycles. The summed E-state index contributed by atoms with van der Waals surface area (Å²) in [6.45, 7) is 0. The molecule has 3 rings (SSSR count). The van der Waals surface area contributed by atoms with Gasteiger partial charge in [0.2, 0.25) is 0 Å². The van der Waals surface area contributed by atoms with E-state index in [4.69, 9.17) is 18.9 Å². The Morgan fingerprint density at radius 2 is 1.03 bits per heavy atom. The molecule has 1 heterocycles. The molecule has 0 aliphatic carbocycles. The molecule has 0 unspecified atom stereocenters. The van der Waals surface area contributed by atoms with E-state index >= 15 is 0 Å². The van der Waals surface area contributed by atoms with E-state index in [-0.39, 0.29) is 10.7 Å². The molecule has 2 N–H and O–H groups in total. The van der Waals surface area contributed by atoms with Gasteiger partial charge in [-0.1, -0.05) is 24.3 Å². The van der Waals surface area contributed by atoms with Crippen molar-refractivity contribution in [3.05, 3.63) is 78.9 Å². The number of ether oxygens (including phenoxy) is 4. The molecule has 156 valence electrons. The highest BCUT2D eigenvalue weighted by molar-refractivity contribution is 5.62. The molecular formula is C22H22N2O6. The summed E-state index contributed by atoms with van der Waals surface area (Å²) in [5.74, 6) is 1.94. The summed E-state index contributed by atoms with van der Waals surface area (Å²) in [5.41, 5.74) is 0.244. The number of benzene rings is 2. The van der Waals surface area contributed by atoms with E-state index in [1.54, 1.807) is 36.4 Å². The van der Waals surface area contributed by atoms with Crippen molar-refractivity contribution in [2.75, 3.05) is 28.4 Å². The van der Waals surface area contributed by atoms with Crippen molar-refractivity contribution in [2.24, 2.45) is 0 Å². The van der Waals surface area contributed by atoms with Gasteiger partial charge in [0.15, 0.2) is 23.0 Å². The van der Waals surface area contributed by atoms with E-state index < -0.39 is 11.1 Å². The maximum Gasteiger partial charge on any atom is 0.272 e. The van der Waals surface area contributed by atoms with Crippen LogP contribution in [0.1, 0.15) is 11.1 Å². The van der Waals surface area contributed by atoms with Crippen LogP contribution < -0.4 is 40.8 Å². The van der Waals surface area contributed by atoms with Crippen LogP contribution in [0.2, 0.25) is 0 Å². The molecule has 8 nitrogen and oxygen atoms in total. The summed E-state index contributed by atoms with van der Waals surface area (Å²) in [6, 6.07) is 10.5. The fraction of sp³-hybridized carbons (Fsp3) is 0.182. The van der Waals surface area contributed by atoms with Gasteiger partial charge in [0, 0.05) is 11.1 Å². The highest BCUT2D eigenvalue weighted by Gasteiger charge is 2.09. The maximum atomic E-state index is 12.6. The summed E-state index contributed by atoms with van der Waals surface area (Å²) in [5, 5.41) is 0.169. The minimum Gasteiger partial charge on any atom is -0.493 e. The van der Waals surface area contributed by atoms with Crippen molar-refractivity contribution in [2.45, 2.75) is 0 Å². The average Bonchev–Trinajstić information content (AvgIpc) is 2.76. The zero-order chi connectivity index (χ0) is 21.7. The Morgan fingerprint density at radius 1 is 0.633 bits per heavy atom. The molecule has 8 heteroatoms. The van der Waals surface area contributed by atoms with Gasteiger partial charge in [-0.05, 0) is 24.3 Å². The van der Waals surface area contributed by atoms with Crippen LogP contribution in [0.5, 0.6) is 23.0 Å². The number of H-pyrrole nitrogens is 2. The lowest BCUT2D eigenvalue weighted by Gasteiger charge is -2.10. The predicted molar refractivity (Wildman–Crippen MR) is 113 cm³/mol. The Balaban J connectivity index is 2.18. The monoisotopic (exact) mass is 410 g/mol. The number of aromatic nitrogens is 2. The molecule has 3 aromatic rings. The molecule has 0 atom stereocenters. The van der Waals surface area contributed by atoms with E-state index in [0.29, 0.717) is 34.1 Å². The largest absolute Gasteiger partial charge is 0.493 e. The van der Waals surface area contributed by atoms with Crippen LogP contribution in [0.4, 0.5) is 0 Å². The Kier molecular flexibility index (Phi) is 6.26. The Bertz CT molecular complexity index is 1190. The van der Waals surface area contributed by atoms with Crippen molar-refractivity contribution in [1.29, 1.82) is 0 Å².